The van der Waals surface area contributed by atoms with Gasteiger partial charge in [-0.15, -0.1) is 0 Å². The molecule has 7 heteroatoms. The van der Waals surface area contributed by atoms with Crippen molar-refractivity contribution >= 4 is 29.1 Å². The zero-order valence-electron chi connectivity index (χ0n) is 13.7. The standard InChI is InChI=1S/C17H20Cl2N4O/c1-11(12-3-4-13(18)14(19)9-12)17(24)23-8-5-20-10-15(23)16-21-6-7-22(16)2/h3-4,6-7,9,11,15,20H,5,8,10H2,1-2H3. The summed E-state index contributed by atoms with van der Waals surface area (Å²) in [6.45, 7) is 4.03. The summed E-state index contributed by atoms with van der Waals surface area (Å²) in [6.07, 6.45) is 3.66. The Balaban J connectivity index is 1.86. The lowest BCUT2D eigenvalue weighted by molar-refractivity contribution is -0.136. The predicted molar refractivity (Wildman–Crippen MR) is 95.4 cm³/mol. The first-order valence-electron chi connectivity index (χ1n) is 7.92. The van der Waals surface area contributed by atoms with Crippen LogP contribution >= 0.6 is 23.2 Å². The molecule has 0 bridgehead atoms. The van der Waals surface area contributed by atoms with E-state index in [1.807, 2.05) is 35.7 Å². The third kappa shape index (κ3) is 3.29. The van der Waals surface area contributed by atoms with Crippen LogP contribution in [0.25, 0.3) is 0 Å². The minimum atomic E-state index is -0.291. The van der Waals surface area contributed by atoms with Gasteiger partial charge in [0.2, 0.25) is 5.91 Å². The number of halogens is 2. The van der Waals surface area contributed by atoms with Crippen LogP contribution in [0.2, 0.25) is 10.0 Å². The van der Waals surface area contributed by atoms with Crippen LogP contribution in [0.15, 0.2) is 30.6 Å². The molecule has 2 unspecified atom stereocenters. The monoisotopic (exact) mass is 366 g/mol. The van der Waals surface area contributed by atoms with Gasteiger partial charge in [-0.2, -0.15) is 0 Å². The summed E-state index contributed by atoms with van der Waals surface area (Å²) < 4.78 is 1.96. The Kier molecular flexibility index (Phi) is 5.13. The molecular formula is C17H20Cl2N4O. The summed E-state index contributed by atoms with van der Waals surface area (Å²) in [7, 11) is 1.95. The zero-order chi connectivity index (χ0) is 17.3. The normalized spacial score (nSPS) is 19.3. The van der Waals surface area contributed by atoms with Crippen LogP contribution in [-0.4, -0.2) is 40.0 Å². The Morgan fingerprint density at radius 2 is 2.17 bits per heavy atom. The second-order valence-corrected chi connectivity index (χ2v) is 6.86. The Labute approximate surface area is 151 Å². The van der Waals surface area contributed by atoms with Crippen LogP contribution in [0.3, 0.4) is 0 Å². The van der Waals surface area contributed by atoms with E-state index in [4.69, 9.17) is 23.2 Å². The smallest absolute Gasteiger partial charge is 0.230 e. The van der Waals surface area contributed by atoms with E-state index in [-0.39, 0.29) is 17.9 Å². The van der Waals surface area contributed by atoms with E-state index in [1.165, 1.54) is 0 Å². The van der Waals surface area contributed by atoms with Gasteiger partial charge in [0.05, 0.1) is 16.0 Å². The first kappa shape index (κ1) is 17.3. The fourth-order valence-electron chi connectivity index (χ4n) is 3.07. The molecule has 1 N–H and O–H groups in total. The molecule has 0 aliphatic carbocycles. The van der Waals surface area contributed by atoms with Crippen LogP contribution in [0.1, 0.15) is 30.3 Å². The SMILES string of the molecule is CC(C(=O)N1CCNCC1c1nccn1C)c1ccc(Cl)c(Cl)c1. The number of hydrogen-bond donors (Lipinski definition) is 1. The number of imidazole rings is 1. The van der Waals surface area contributed by atoms with Crippen molar-refractivity contribution in [2.75, 3.05) is 19.6 Å². The van der Waals surface area contributed by atoms with E-state index in [9.17, 15) is 4.79 Å². The molecule has 24 heavy (non-hydrogen) atoms. The highest BCUT2D eigenvalue weighted by Gasteiger charge is 2.33. The number of nitrogens with zero attached hydrogens (tertiary/aromatic N) is 3. The molecule has 0 saturated carbocycles. The summed E-state index contributed by atoms with van der Waals surface area (Å²) in [4.78, 5) is 19.4. The molecule has 128 valence electrons. The first-order valence-corrected chi connectivity index (χ1v) is 8.68. The highest BCUT2D eigenvalue weighted by Crippen LogP contribution is 2.30. The number of hydrogen-bond acceptors (Lipinski definition) is 3. The molecule has 1 aliphatic heterocycles. The summed E-state index contributed by atoms with van der Waals surface area (Å²) in [6, 6.07) is 5.28. The minimum Gasteiger partial charge on any atom is -0.336 e. The van der Waals surface area contributed by atoms with Gasteiger partial charge in [-0.05, 0) is 24.6 Å². The number of carbonyl (C=O) groups excluding carboxylic acids is 1. The van der Waals surface area contributed by atoms with E-state index < -0.39 is 0 Å². The number of aromatic nitrogens is 2. The zero-order valence-corrected chi connectivity index (χ0v) is 15.2. The second kappa shape index (κ2) is 7.13. The molecular weight excluding hydrogens is 347 g/mol. The van der Waals surface area contributed by atoms with Crippen LogP contribution in [0, 0.1) is 0 Å². The van der Waals surface area contributed by atoms with Gasteiger partial charge in [-0.25, -0.2) is 4.98 Å². The average Bonchev–Trinajstić information content (AvgIpc) is 3.02. The Bertz CT molecular complexity index is 746. The number of nitrogens with one attached hydrogen (secondary N) is 1. The molecule has 2 atom stereocenters. The Hall–Kier alpha value is -1.56. The third-order valence-electron chi connectivity index (χ3n) is 4.50. The van der Waals surface area contributed by atoms with Gasteiger partial charge >= 0.3 is 0 Å². The summed E-state index contributed by atoms with van der Waals surface area (Å²) >= 11 is 12.1. The molecule has 1 aromatic heterocycles. The van der Waals surface area contributed by atoms with Crippen molar-refractivity contribution in [1.82, 2.24) is 19.8 Å². The van der Waals surface area contributed by atoms with Crippen molar-refractivity contribution in [2.24, 2.45) is 7.05 Å². The molecule has 1 amide bonds. The molecule has 0 spiro atoms. The fourth-order valence-corrected chi connectivity index (χ4v) is 3.38. The van der Waals surface area contributed by atoms with Crippen molar-refractivity contribution in [2.45, 2.75) is 18.9 Å². The second-order valence-electron chi connectivity index (χ2n) is 6.04. The number of aryl methyl sites for hydroxylation is 1. The van der Waals surface area contributed by atoms with Crippen molar-refractivity contribution in [3.63, 3.8) is 0 Å². The van der Waals surface area contributed by atoms with E-state index in [2.05, 4.69) is 10.3 Å². The molecule has 1 fully saturated rings. The third-order valence-corrected chi connectivity index (χ3v) is 5.24. The quantitative estimate of drug-likeness (QED) is 0.908. The highest BCUT2D eigenvalue weighted by molar-refractivity contribution is 6.42. The van der Waals surface area contributed by atoms with Gasteiger partial charge in [0.1, 0.15) is 11.9 Å². The Morgan fingerprint density at radius 1 is 1.38 bits per heavy atom. The van der Waals surface area contributed by atoms with Gasteiger partial charge in [-0.3, -0.25) is 4.79 Å². The number of piperazine rings is 1. The average molecular weight is 367 g/mol. The van der Waals surface area contributed by atoms with Gasteiger partial charge < -0.3 is 14.8 Å². The van der Waals surface area contributed by atoms with Crippen molar-refractivity contribution in [3.05, 3.63) is 52.0 Å². The first-order chi connectivity index (χ1) is 11.5. The molecule has 2 aromatic rings. The molecule has 1 aliphatic rings. The molecule has 0 radical (unpaired) electrons. The topological polar surface area (TPSA) is 50.2 Å². The molecule has 5 nitrogen and oxygen atoms in total. The van der Waals surface area contributed by atoms with Crippen LogP contribution in [0.5, 0.6) is 0 Å². The number of amides is 1. The van der Waals surface area contributed by atoms with Gasteiger partial charge in [0.25, 0.3) is 0 Å². The van der Waals surface area contributed by atoms with E-state index in [0.29, 0.717) is 23.1 Å². The Morgan fingerprint density at radius 3 is 2.83 bits per heavy atom. The van der Waals surface area contributed by atoms with Gasteiger partial charge in [-0.1, -0.05) is 29.3 Å². The van der Waals surface area contributed by atoms with Gasteiger partial charge in [0.15, 0.2) is 0 Å². The van der Waals surface area contributed by atoms with Crippen LogP contribution in [-0.2, 0) is 11.8 Å². The minimum absolute atomic E-state index is 0.0721. The fraction of sp³-hybridized carbons (Fsp3) is 0.412. The van der Waals surface area contributed by atoms with Crippen molar-refractivity contribution in [3.8, 4) is 0 Å². The van der Waals surface area contributed by atoms with Crippen LogP contribution in [0.4, 0.5) is 0 Å². The van der Waals surface area contributed by atoms with E-state index in [1.54, 1.807) is 18.3 Å². The summed E-state index contributed by atoms with van der Waals surface area (Å²) in [5.41, 5.74) is 0.867. The molecule has 3 rings (SSSR count). The molecule has 2 heterocycles. The molecule has 1 saturated heterocycles. The highest BCUT2D eigenvalue weighted by atomic mass is 35.5. The van der Waals surface area contributed by atoms with Gasteiger partial charge in [0, 0.05) is 39.1 Å². The molecule has 1 aromatic carbocycles. The lowest BCUT2D eigenvalue weighted by Crippen LogP contribution is -2.50. The number of benzene rings is 1. The number of carbonyl (C=O) groups is 1. The maximum Gasteiger partial charge on any atom is 0.230 e. The van der Waals surface area contributed by atoms with E-state index >= 15 is 0 Å². The maximum absolute atomic E-state index is 13.1. The van der Waals surface area contributed by atoms with Crippen molar-refractivity contribution in [1.29, 1.82) is 0 Å². The largest absolute Gasteiger partial charge is 0.336 e. The maximum atomic E-state index is 13.1. The summed E-state index contributed by atoms with van der Waals surface area (Å²) in [5.74, 6) is 0.667. The van der Waals surface area contributed by atoms with Crippen LogP contribution < -0.4 is 5.32 Å². The lowest BCUT2D eigenvalue weighted by atomic mass is 9.98. The lowest BCUT2D eigenvalue weighted by Gasteiger charge is -2.37. The van der Waals surface area contributed by atoms with E-state index in [0.717, 1.165) is 17.9 Å². The van der Waals surface area contributed by atoms with Crippen molar-refractivity contribution < 1.29 is 4.79 Å². The predicted octanol–water partition coefficient (Wildman–Crippen LogP) is 3.00. The number of rotatable bonds is 3. The summed E-state index contributed by atoms with van der Waals surface area (Å²) in [5, 5.41) is 4.31.